The number of aromatic amines is 1. The minimum atomic E-state index is -0.940. The van der Waals surface area contributed by atoms with Gasteiger partial charge in [0.1, 0.15) is 10.8 Å². The summed E-state index contributed by atoms with van der Waals surface area (Å²) in [5.41, 5.74) is 3.57. The highest BCUT2D eigenvalue weighted by Crippen LogP contribution is 2.34. The van der Waals surface area contributed by atoms with Gasteiger partial charge in [0.2, 0.25) is 5.13 Å². The summed E-state index contributed by atoms with van der Waals surface area (Å²) in [6.45, 7) is 1.50. The molecule has 0 bridgehead atoms. The number of aromatic nitrogens is 4. The molecule has 0 fully saturated rings. The molecule has 0 spiro atoms. The van der Waals surface area contributed by atoms with Crippen molar-refractivity contribution in [1.29, 1.82) is 0 Å². The van der Waals surface area contributed by atoms with Gasteiger partial charge in [-0.25, -0.2) is 0 Å². The largest absolute Gasteiger partial charge is 0.481 e. The number of hydrogen-bond acceptors (Lipinski definition) is 7. The number of nitrogens with zero attached hydrogens (tertiary/aromatic N) is 3. The van der Waals surface area contributed by atoms with Gasteiger partial charge in [0.05, 0.1) is 28.8 Å². The molecule has 0 amide bonds. The van der Waals surface area contributed by atoms with Gasteiger partial charge in [0.15, 0.2) is 0 Å². The molecule has 152 valence electrons. The Hall–Kier alpha value is -3.30. The second kappa shape index (κ2) is 8.21. The number of anilines is 2. The van der Waals surface area contributed by atoms with Crippen LogP contribution < -0.4 is 5.32 Å². The van der Waals surface area contributed by atoms with E-state index in [-0.39, 0.29) is 18.6 Å². The van der Waals surface area contributed by atoms with Crippen LogP contribution in [0.5, 0.6) is 0 Å². The van der Waals surface area contributed by atoms with Crippen LogP contribution in [-0.2, 0) is 22.4 Å². The van der Waals surface area contributed by atoms with Gasteiger partial charge in [-0.05, 0) is 42.3 Å². The van der Waals surface area contributed by atoms with E-state index in [1.165, 1.54) is 18.3 Å². The highest BCUT2D eigenvalue weighted by atomic mass is 35.5. The standard InChI is InChI=1S/C20H16ClN5O3S/c1-10(27)4-11-5-12(8-17(28)29)7-13(6-11)19-25-26-20(30-19)23-16-3-2-15-14(18(16)21)9-22-24-15/h2-3,5-7,9H,4,8H2,1H3,(H,22,24)(H,23,26)(H,28,29). The molecule has 0 aliphatic rings. The monoisotopic (exact) mass is 441 g/mol. The van der Waals surface area contributed by atoms with Gasteiger partial charge in [-0.1, -0.05) is 29.0 Å². The van der Waals surface area contributed by atoms with Crippen molar-refractivity contribution in [2.24, 2.45) is 0 Å². The molecular formula is C20H16ClN5O3S. The van der Waals surface area contributed by atoms with Crippen LogP contribution in [0.3, 0.4) is 0 Å². The molecule has 4 aromatic rings. The SMILES string of the molecule is CC(=O)Cc1cc(CC(=O)O)cc(-c2nnc(Nc3ccc4[nH]ncc4c3Cl)s2)c1. The van der Waals surface area contributed by atoms with E-state index in [2.05, 4.69) is 25.7 Å². The van der Waals surface area contributed by atoms with Gasteiger partial charge in [0.25, 0.3) is 0 Å². The van der Waals surface area contributed by atoms with Crippen molar-refractivity contribution >= 4 is 56.4 Å². The zero-order chi connectivity index (χ0) is 21.3. The van der Waals surface area contributed by atoms with Crippen LogP contribution in [0.2, 0.25) is 5.02 Å². The number of carboxylic acids is 1. The van der Waals surface area contributed by atoms with Crippen LogP contribution in [0.15, 0.2) is 36.5 Å². The molecule has 0 radical (unpaired) electrons. The van der Waals surface area contributed by atoms with Gasteiger partial charge in [-0.2, -0.15) is 5.10 Å². The van der Waals surface area contributed by atoms with Gasteiger partial charge in [-0.15, -0.1) is 10.2 Å². The van der Waals surface area contributed by atoms with Crippen LogP contribution in [0, 0.1) is 0 Å². The molecule has 4 rings (SSSR count). The summed E-state index contributed by atoms with van der Waals surface area (Å²) in [5.74, 6) is -0.942. The molecule has 10 heteroatoms. The first kappa shape index (κ1) is 20.0. The molecule has 0 unspecified atom stereocenters. The Morgan fingerprint density at radius 2 is 1.93 bits per heavy atom. The lowest BCUT2D eigenvalue weighted by atomic mass is 10.0. The Balaban J connectivity index is 1.64. The van der Waals surface area contributed by atoms with Crippen LogP contribution in [0.4, 0.5) is 10.8 Å². The molecule has 0 aliphatic heterocycles. The normalized spacial score (nSPS) is 11.0. The lowest BCUT2D eigenvalue weighted by molar-refractivity contribution is -0.136. The number of carboxylic acid groups (broad SMARTS) is 1. The molecule has 0 saturated heterocycles. The zero-order valence-corrected chi connectivity index (χ0v) is 17.3. The quantitative estimate of drug-likeness (QED) is 0.392. The van der Waals surface area contributed by atoms with Crippen molar-refractivity contribution in [3.63, 3.8) is 0 Å². The number of fused-ring (bicyclic) bond motifs is 1. The van der Waals surface area contributed by atoms with Crippen LogP contribution in [-0.4, -0.2) is 37.3 Å². The van der Waals surface area contributed by atoms with Crippen molar-refractivity contribution in [3.8, 4) is 10.6 Å². The number of halogens is 1. The van der Waals surface area contributed by atoms with Gasteiger partial charge >= 0.3 is 5.97 Å². The first-order valence-electron chi connectivity index (χ1n) is 8.95. The lowest BCUT2D eigenvalue weighted by Crippen LogP contribution is -2.03. The predicted molar refractivity (Wildman–Crippen MR) is 115 cm³/mol. The average Bonchev–Trinajstić information content (AvgIpc) is 3.32. The third-order valence-corrected chi connectivity index (χ3v) is 5.63. The van der Waals surface area contributed by atoms with E-state index < -0.39 is 5.97 Å². The topological polar surface area (TPSA) is 121 Å². The summed E-state index contributed by atoms with van der Waals surface area (Å²) < 4.78 is 0. The zero-order valence-electron chi connectivity index (χ0n) is 15.8. The van der Waals surface area contributed by atoms with Gasteiger partial charge < -0.3 is 10.4 Å². The van der Waals surface area contributed by atoms with Crippen LogP contribution in [0.1, 0.15) is 18.1 Å². The van der Waals surface area contributed by atoms with Crippen molar-refractivity contribution in [2.75, 3.05) is 5.32 Å². The van der Waals surface area contributed by atoms with E-state index >= 15 is 0 Å². The first-order valence-corrected chi connectivity index (χ1v) is 10.1. The third-order valence-electron chi connectivity index (χ3n) is 4.33. The Kier molecular flexibility index (Phi) is 5.47. The summed E-state index contributed by atoms with van der Waals surface area (Å²) in [7, 11) is 0. The van der Waals surface area contributed by atoms with E-state index in [4.69, 9.17) is 16.7 Å². The number of nitrogens with one attached hydrogen (secondary N) is 2. The molecule has 0 aliphatic carbocycles. The number of H-pyrrole nitrogens is 1. The van der Waals surface area contributed by atoms with E-state index in [0.29, 0.717) is 32.0 Å². The molecule has 3 N–H and O–H groups in total. The van der Waals surface area contributed by atoms with Crippen molar-refractivity contribution in [2.45, 2.75) is 19.8 Å². The van der Waals surface area contributed by atoms with Crippen LogP contribution >= 0.6 is 22.9 Å². The summed E-state index contributed by atoms with van der Waals surface area (Å²) in [6, 6.07) is 9.01. The molecule has 2 aromatic carbocycles. The fraction of sp³-hybridized carbons (Fsp3) is 0.150. The Morgan fingerprint density at radius 1 is 1.17 bits per heavy atom. The second-order valence-corrected chi connectivity index (χ2v) is 8.14. The highest BCUT2D eigenvalue weighted by Gasteiger charge is 2.14. The van der Waals surface area contributed by atoms with Crippen molar-refractivity contribution < 1.29 is 14.7 Å². The minimum absolute atomic E-state index is 0.00248. The second-order valence-electron chi connectivity index (χ2n) is 6.78. The Labute approximate surface area is 179 Å². The minimum Gasteiger partial charge on any atom is -0.481 e. The smallest absolute Gasteiger partial charge is 0.307 e. The number of Topliss-reactive ketones (excluding diaryl/α,β-unsaturated/α-hetero) is 1. The van der Waals surface area contributed by atoms with Crippen LogP contribution in [0.25, 0.3) is 21.5 Å². The molecule has 2 heterocycles. The number of carbonyl (C=O) groups excluding carboxylic acids is 1. The average molecular weight is 442 g/mol. The number of carbonyl (C=O) groups is 2. The Morgan fingerprint density at radius 3 is 2.67 bits per heavy atom. The predicted octanol–water partition coefficient (Wildman–Crippen LogP) is 4.24. The van der Waals surface area contributed by atoms with E-state index in [0.717, 1.165) is 16.5 Å². The lowest BCUT2D eigenvalue weighted by Gasteiger charge is -2.06. The molecule has 2 aromatic heterocycles. The Bertz CT molecular complexity index is 1230. The summed E-state index contributed by atoms with van der Waals surface area (Å²) in [5, 5.41) is 30.0. The number of aliphatic carboxylic acids is 1. The van der Waals surface area contributed by atoms with Gasteiger partial charge in [0, 0.05) is 17.4 Å². The summed E-state index contributed by atoms with van der Waals surface area (Å²) in [4.78, 5) is 22.7. The van der Waals surface area contributed by atoms with Crippen molar-refractivity contribution in [3.05, 3.63) is 52.7 Å². The molecule has 30 heavy (non-hydrogen) atoms. The van der Waals surface area contributed by atoms with E-state index in [1.807, 2.05) is 18.2 Å². The van der Waals surface area contributed by atoms with Crippen molar-refractivity contribution in [1.82, 2.24) is 20.4 Å². The maximum atomic E-state index is 11.5. The van der Waals surface area contributed by atoms with E-state index in [1.54, 1.807) is 18.3 Å². The first-order chi connectivity index (χ1) is 14.4. The molecule has 0 atom stereocenters. The van der Waals surface area contributed by atoms with E-state index in [9.17, 15) is 9.59 Å². The number of ketones is 1. The highest BCUT2D eigenvalue weighted by molar-refractivity contribution is 7.18. The molecular weight excluding hydrogens is 426 g/mol. The number of rotatable bonds is 7. The maximum absolute atomic E-state index is 11.5. The molecule has 0 saturated carbocycles. The van der Waals surface area contributed by atoms with Gasteiger partial charge in [-0.3, -0.25) is 14.7 Å². The number of hydrogen-bond donors (Lipinski definition) is 3. The summed E-state index contributed by atoms with van der Waals surface area (Å²) >= 11 is 7.75. The molecule has 8 nitrogen and oxygen atoms in total. The third kappa shape index (κ3) is 4.32. The maximum Gasteiger partial charge on any atom is 0.307 e. The summed E-state index contributed by atoms with van der Waals surface area (Å²) in [6.07, 6.45) is 1.74. The fourth-order valence-electron chi connectivity index (χ4n) is 3.14. The number of benzene rings is 2. The fourth-order valence-corrected chi connectivity index (χ4v) is 4.14.